The van der Waals surface area contributed by atoms with E-state index in [1.165, 1.54) is 18.5 Å². The van der Waals surface area contributed by atoms with E-state index in [4.69, 9.17) is 14.2 Å². The fraction of sp³-hybridized carbons (Fsp3) is 0.350. The number of nitrogens with one attached hydrogen (secondary N) is 1. The van der Waals surface area contributed by atoms with Gasteiger partial charge in [0.25, 0.3) is 0 Å². The van der Waals surface area contributed by atoms with E-state index in [-0.39, 0.29) is 23.2 Å². The Kier molecular flexibility index (Phi) is 4.76. The lowest BCUT2D eigenvalue weighted by atomic mass is 10.2. The van der Waals surface area contributed by atoms with Gasteiger partial charge in [-0.25, -0.2) is 19.2 Å². The first kappa shape index (κ1) is 19.2. The molecule has 3 heterocycles. The monoisotopic (exact) mass is 431 g/mol. The van der Waals surface area contributed by atoms with Gasteiger partial charge in [-0.05, 0) is 24.6 Å². The van der Waals surface area contributed by atoms with Crippen molar-refractivity contribution in [3.8, 4) is 5.75 Å². The highest BCUT2D eigenvalue weighted by molar-refractivity contribution is 7.20. The van der Waals surface area contributed by atoms with Gasteiger partial charge in [-0.15, -0.1) is 11.3 Å². The number of carbonyl (C=O) groups is 1. The first-order valence-corrected chi connectivity index (χ1v) is 10.2. The van der Waals surface area contributed by atoms with Crippen LogP contribution in [0.15, 0.2) is 24.5 Å². The van der Waals surface area contributed by atoms with Gasteiger partial charge in [-0.2, -0.15) is 0 Å². The summed E-state index contributed by atoms with van der Waals surface area (Å²) in [5.74, 6) is -0.650. The number of thiophene rings is 1. The van der Waals surface area contributed by atoms with Gasteiger partial charge in [0.2, 0.25) is 0 Å². The maximum atomic E-state index is 14.0. The van der Waals surface area contributed by atoms with Gasteiger partial charge in [0.05, 0.1) is 23.3 Å². The molecule has 8 nitrogen and oxygen atoms in total. The molecule has 0 radical (unpaired) electrons. The smallest absolute Gasteiger partial charge is 0.346 e. The van der Waals surface area contributed by atoms with Gasteiger partial charge in [-0.1, -0.05) is 0 Å². The largest absolute Gasteiger partial charge is 0.488 e. The van der Waals surface area contributed by atoms with E-state index in [1.807, 2.05) is 0 Å². The normalized spacial score (nSPS) is 22.9. The lowest BCUT2D eigenvalue weighted by Gasteiger charge is -2.18. The number of nitrogens with zero attached hydrogens (tertiary/aromatic N) is 2. The molecule has 0 spiro atoms. The number of aryl methyl sites for hydroxylation is 1. The Balaban J connectivity index is 1.46. The van der Waals surface area contributed by atoms with E-state index >= 15 is 0 Å². The Morgan fingerprint density at radius 3 is 2.80 bits per heavy atom. The lowest BCUT2D eigenvalue weighted by molar-refractivity contribution is 0.0123. The molecule has 1 aliphatic heterocycles. The van der Waals surface area contributed by atoms with Crippen molar-refractivity contribution in [1.29, 1.82) is 0 Å². The highest BCUT2D eigenvalue weighted by atomic mass is 32.1. The highest BCUT2D eigenvalue weighted by Gasteiger charge is 2.41. The minimum absolute atomic E-state index is 0.00403. The summed E-state index contributed by atoms with van der Waals surface area (Å²) < 4.78 is 31.1. The summed E-state index contributed by atoms with van der Waals surface area (Å²) in [5.41, 5.74) is 1.10. The number of aromatic carboxylic acids is 1. The number of anilines is 2. The van der Waals surface area contributed by atoms with Gasteiger partial charge in [0.1, 0.15) is 46.3 Å². The molecule has 3 aromatic rings. The summed E-state index contributed by atoms with van der Waals surface area (Å²) >= 11 is 1.09. The van der Waals surface area contributed by atoms with Crippen molar-refractivity contribution in [2.24, 2.45) is 0 Å². The first-order valence-electron chi connectivity index (χ1n) is 9.43. The van der Waals surface area contributed by atoms with Crippen LogP contribution < -0.4 is 10.1 Å². The van der Waals surface area contributed by atoms with Gasteiger partial charge in [-0.3, -0.25) is 0 Å². The zero-order valence-electron chi connectivity index (χ0n) is 15.9. The number of halogens is 1. The Morgan fingerprint density at radius 1 is 1.30 bits per heavy atom. The predicted molar refractivity (Wildman–Crippen MR) is 107 cm³/mol. The number of rotatable bonds is 5. The number of benzene rings is 1. The summed E-state index contributed by atoms with van der Waals surface area (Å²) in [4.78, 5) is 20.7. The van der Waals surface area contributed by atoms with Crippen molar-refractivity contribution >= 4 is 39.0 Å². The molecule has 0 unspecified atom stereocenters. The Labute approximate surface area is 174 Å². The third-order valence-corrected chi connectivity index (χ3v) is 6.57. The molecule has 0 bridgehead atoms. The summed E-state index contributed by atoms with van der Waals surface area (Å²) in [7, 11) is 0. The minimum Gasteiger partial charge on any atom is -0.488 e. The standard InChI is InChI=1S/C20H18FN3O5S/c1-9-16-18(22-7-23-19(16)30-17(9)20(25)26)24-12-3-2-10(21)4-13(12)29-11-5-14-15(6-11)28-8-27-14/h2-4,7,11,14-15H,5-6,8H2,1H3,(H,25,26)(H,22,23,24)/t11-,14-,15+. The maximum absolute atomic E-state index is 14.0. The molecule has 3 atom stereocenters. The molecule has 1 aliphatic carbocycles. The second-order valence-corrected chi connectivity index (χ2v) is 8.27. The van der Waals surface area contributed by atoms with Crippen molar-refractivity contribution in [3.05, 3.63) is 40.8 Å². The third-order valence-electron chi connectivity index (χ3n) is 5.38. The van der Waals surface area contributed by atoms with Crippen molar-refractivity contribution < 1.29 is 28.5 Å². The molecule has 5 rings (SSSR count). The quantitative estimate of drug-likeness (QED) is 0.628. The van der Waals surface area contributed by atoms with E-state index in [9.17, 15) is 14.3 Å². The van der Waals surface area contributed by atoms with E-state index in [2.05, 4.69) is 15.3 Å². The number of carboxylic acid groups (broad SMARTS) is 1. The molecular formula is C20H18FN3O5S. The van der Waals surface area contributed by atoms with Crippen molar-refractivity contribution in [3.63, 3.8) is 0 Å². The van der Waals surface area contributed by atoms with Crippen LogP contribution in [0.3, 0.4) is 0 Å². The van der Waals surface area contributed by atoms with Gasteiger partial charge in [0, 0.05) is 18.9 Å². The van der Waals surface area contributed by atoms with Crippen LogP contribution >= 0.6 is 11.3 Å². The SMILES string of the molecule is Cc1c(C(=O)O)sc2ncnc(Nc3ccc(F)cc3O[C@H]3C[C@@H]4OCO[C@@H]4C3)c12. The second kappa shape index (κ2) is 7.46. The van der Waals surface area contributed by atoms with Crippen LogP contribution in [0.25, 0.3) is 10.2 Å². The number of carboxylic acids is 1. The molecule has 2 aliphatic rings. The van der Waals surface area contributed by atoms with Crippen LogP contribution in [-0.2, 0) is 9.47 Å². The highest BCUT2D eigenvalue weighted by Crippen LogP contribution is 2.38. The average molecular weight is 431 g/mol. The summed E-state index contributed by atoms with van der Waals surface area (Å²) in [6.45, 7) is 2.02. The van der Waals surface area contributed by atoms with E-state index in [0.717, 1.165) is 11.3 Å². The molecule has 2 aromatic heterocycles. The number of hydrogen-bond donors (Lipinski definition) is 2. The zero-order chi connectivity index (χ0) is 20.8. The van der Waals surface area contributed by atoms with Gasteiger partial charge >= 0.3 is 5.97 Å². The second-order valence-electron chi connectivity index (χ2n) is 7.27. The number of aromatic nitrogens is 2. The van der Waals surface area contributed by atoms with Crippen LogP contribution in [0.2, 0.25) is 0 Å². The Hall–Kier alpha value is -2.82. The van der Waals surface area contributed by atoms with Gasteiger partial charge < -0.3 is 24.6 Å². The summed E-state index contributed by atoms with van der Waals surface area (Å²) in [5, 5.41) is 13.2. The molecule has 156 valence electrons. The maximum Gasteiger partial charge on any atom is 0.346 e. The molecule has 10 heteroatoms. The zero-order valence-corrected chi connectivity index (χ0v) is 16.7. The predicted octanol–water partition coefficient (Wildman–Crippen LogP) is 3.86. The molecule has 2 N–H and O–H groups in total. The fourth-order valence-electron chi connectivity index (χ4n) is 3.95. The van der Waals surface area contributed by atoms with E-state index < -0.39 is 11.8 Å². The van der Waals surface area contributed by atoms with Crippen LogP contribution in [0.1, 0.15) is 28.1 Å². The van der Waals surface area contributed by atoms with Crippen LogP contribution in [-0.4, -0.2) is 46.1 Å². The minimum atomic E-state index is -1.01. The van der Waals surface area contributed by atoms with Crippen molar-refractivity contribution in [2.45, 2.75) is 38.1 Å². The summed E-state index contributed by atoms with van der Waals surface area (Å²) in [6, 6.07) is 4.22. The first-order chi connectivity index (χ1) is 14.5. The molecule has 2 fully saturated rings. The topological polar surface area (TPSA) is 103 Å². The average Bonchev–Trinajstić information content (AvgIpc) is 3.38. The molecular weight excluding hydrogens is 413 g/mol. The number of ether oxygens (including phenoxy) is 3. The number of hydrogen-bond acceptors (Lipinski definition) is 8. The Morgan fingerprint density at radius 2 is 2.07 bits per heavy atom. The summed E-state index contributed by atoms with van der Waals surface area (Å²) in [6.07, 6.45) is 2.56. The van der Waals surface area contributed by atoms with Crippen molar-refractivity contribution in [1.82, 2.24) is 9.97 Å². The number of fused-ring (bicyclic) bond motifs is 2. The Bertz CT molecular complexity index is 1130. The molecule has 1 saturated carbocycles. The lowest BCUT2D eigenvalue weighted by Crippen LogP contribution is -2.16. The third kappa shape index (κ3) is 3.36. The van der Waals surface area contributed by atoms with Crippen molar-refractivity contribution in [2.75, 3.05) is 12.1 Å². The molecule has 1 aromatic carbocycles. The van der Waals surface area contributed by atoms with Crippen LogP contribution in [0, 0.1) is 12.7 Å². The van der Waals surface area contributed by atoms with E-state index in [1.54, 1.807) is 13.0 Å². The van der Waals surface area contributed by atoms with Gasteiger partial charge in [0.15, 0.2) is 0 Å². The molecule has 0 amide bonds. The van der Waals surface area contributed by atoms with E-state index in [0.29, 0.717) is 52.7 Å². The molecule has 30 heavy (non-hydrogen) atoms. The fourth-order valence-corrected chi connectivity index (χ4v) is 4.94. The van der Waals surface area contributed by atoms with Crippen LogP contribution in [0.5, 0.6) is 5.75 Å². The van der Waals surface area contributed by atoms with Crippen LogP contribution in [0.4, 0.5) is 15.9 Å². The molecule has 1 saturated heterocycles.